The molecule has 1 aromatic rings. The summed E-state index contributed by atoms with van der Waals surface area (Å²) < 4.78 is 4.87. The summed E-state index contributed by atoms with van der Waals surface area (Å²) in [7, 11) is 0. The normalized spacial score (nSPS) is 17.7. The Morgan fingerprint density at radius 3 is 2.72 bits per heavy atom. The van der Waals surface area contributed by atoms with Crippen LogP contribution in [0.4, 0.5) is 10.7 Å². The monoisotopic (exact) mass is 266 g/mol. The minimum Gasteiger partial charge on any atom is -0.401 e. The zero-order valence-electron chi connectivity index (χ0n) is 8.78. The number of nitrogens with one attached hydrogen (secondary N) is 1. The van der Waals surface area contributed by atoms with Crippen molar-refractivity contribution in [2.45, 2.75) is 0 Å². The molecule has 0 spiro atoms. The Morgan fingerprint density at radius 1 is 1.39 bits per heavy atom. The van der Waals surface area contributed by atoms with E-state index < -0.39 is 16.1 Å². The highest BCUT2D eigenvalue weighted by Crippen LogP contribution is 2.23. The quantitative estimate of drug-likeness (QED) is 0.510. The smallest absolute Gasteiger partial charge is 0.401 e. The Morgan fingerprint density at radius 2 is 2.17 bits per heavy atom. The molecular weight excluding hydrogens is 260 g/mol. The molecule has 0 unspecified atom stereocenters. The Hall–Kier alpha value is -2.35. The van der Waals surface area contributed by atoms with E-state index in [0.29, 0.717) is 0 Å². The largest absolute Gasteiger partial charge is 0.433 e. The van der Waals surface area contributed by atoms with Crippen molar-refractivity contribution in [2.75, 3.05) is 0 Å². The van der Waals surface area contributed by atoms with Gasteiger partial charge in [-0.15, -0.1) is 0 Å². The molecule has 2 amide bonds. The number of nitrogens with zero attached hydrogens (tertiary/aromatic N) is 1. The average molecular weight is 266 g/mol. The molecule has 1 N–H and O–H groups in total. The van der Waals surface area contributed by atoms with Gasteiger partial charge in [0.2, 0.25) is 0 Å². The highest BCUT2D eigenvalue weighted by molar-refractivity contribution is 8.18. The van der Waals surface area contributed by atoms with E-state index in [0.717, 1.165) is 11.8 Å². The van der Waals surface area contributed by atoms with Crippen molar-refractivity contribution >= 4 is 34.9 Å². The number of amides is 2. The molecule has 0 radical (unpaired) electrons. The lowest BCUT2D eigenvalue weighted by atomic mass is 10.3. The van der Waals surface area contributed by atoms with Crippen LogP contribution < -0.4 is 5.32 Å². The third kappa shape index (κ3) is 2.66. The standard InChI is InChI=1S/C10H6N2O5S/c13-9-7(18-10(14)11-9)3-1-2-6-4-5-8(17-6)12(15)16/h1-5H,(H,11,13,14)/b2-1+,7-3+. The Labute approximate surface area is 105 Å². The molecule has 2 rings (SSSR count). The molecule has 1 fully saturated rings. The summed E-state index contributed by atoms with van der Waals surface area (Å²) in [6.45, 7) is 0. The van der Waals surface area contributed by atoms with Gasteiger partial charge in [-0.2, -0.15) is 0 Å². The maximum atomic E-state index is 11.2. The van der Waals surface area contributed by atoms with E-state index >= 15 is 0 Å². The first-order chi connectivity index (χ1) is 8.56. The van der Waals surface area contributed by atoms with Crippen molar-refractivity contribution in [3.05, 3.63) is 45.1 Å². The van der Waals surface area contributed by atoms with Gasteiger partial charge in [-0.05, 0) is 30.0 Å². The number of hydrogen-bond acceptors (Lipinski definition) is 6. The van der Waals surface area contributed by atoms with Crippen LogP contribution in [0.5, 0.6) is 0 Å². The molecule has 0 bridgehead atoms. The predicted octanol–water partition coefficient (Wildman–Crippen LogP) is 2.07. The van der Waals surface area contributed by atoms with Gasteiger partial charge in [-0.1, -0.05) is 6.08 Å². The van der Waals surface area contributed by atoms with E-state index in [4.69, 9.17) is 4.42 Å². The second-order valence-electron chi connectivity index (χ2n) is 3.17. The van der Waals surface area contributed by atoms with E-state index in [-0.39, 0.29) is 16.5 Å². The van der Waals surface area contributed by atoms with Gasteiger partial charge >= 0.3 is 5.88 Å². The van der Waals surface area contributed by atoms with E-state index in [2.05, 4.69) is 5.32 Å². The number of thioether (sulfide) groups is 1. The number of allylic oxidation sites excluding steroid dienone is 2. The predicted molar refractivity (Wildman–Crippen MR) is 63.6 cm³/mol. The number of rotatable bonds is 3. The second-order valence-corrected chi connectivity index (χ2v) is 4.18. The van der Waals surface area contributed by atoms with Gasteiger partial charge in [0, 0.05) is 0 Å². The van der Waals surface area contributed by atoms with Crippen LogP contribution in [-0.2, 0) is 4.79 Å². The average Bonchev–Trinajstić information content (AvgIpc) is 2.87. The molecular formula is C10H6N2O5S. The summed E-state index contributed by atoms with van der Waals surface area (Å²) in [5, 5.41) is 12.0. The number of hydrogen-bond donors (Lipinski definition) is 1. The van der Waals surface area contributed by atoms with Crippen LogP contribution in [0, 0.1) is 10.1 Å². The molecule has 1 saturated heterocycles. The lowest BCUT2D eigenvalue weighted by Crippen LogP contribution is -2.17. The van der Waals surface area contributed by atoms with Crippen molar-refractivity contribution in [1.82, 2.24) is 5.32 Å². The SMILES string of the molecule is O=C1NC(=O)/C(=C\C=C\c2ccc([N+](=O)[O-])o2)S1. The fraction of sp³-hybridized carbons (Fsp3) is 0. The van der Waals surface area contributed by atoms with Gasteiger partial charge in [0.05, 0.1) is 11.0 Å². The summed E-state index contributed by atoms with van der Waals surface area (Å²) >= 11 is 0.790. The van der Waals surface area contributed by atoms with Crippen LogP contribution in [0.1, 0.15) is 5.76 Å². The maximum absolute atomic E-state index is 11.2. The van der Waals surface area contributed by atoms with Crippen LogP contribution in [0.25, 0.3) is 6.08 Å². The Bertz CT molecular complexity index is 587. The summed E-state index contributed by atoms with van der Waals surface area (Å²) in [5.74, 6) is -0.529. The third-order valence-corrected chi connectivity index (χ3v) is 2.77. The lowest BCUT2D eigenvalue weighted by Gasteiger charge is -1.86. The van der Waals surface area contributed by atoms with Crippen LogP contribution in [0.2, 0.25) is 0 Å². The van der Waals surface area contributed by atoms with Gasteiger partial charge in [0.25, 0.3) is 11.1 Å². The molecule has 0 saturated carbocycles. The van der Waals surface area contributed by atoms with Crippen molar-refractivity contribution in [3.8, 4) is 0 Å². The molecule has 2 heterocycles. The van der Waals surface area contributed by atoms with Gasteiger partial charge in [0.15, 0.2) is 0 Å². The van der Waals surface area contributed by atoms with Crippen LogP contribution in [0.15, 0.2) is 33.6 Å². The van der Waals surface area contributed by atoms with Crippen LogP contribution in [0.3, 0.4) is 0 Å². The Balaban J connectivity index is 2.07. The molecule has 0 aromatic carbocycles. The van der Waals surface area contributed by atoms with Gasteiger partial charge in [-0.3, -0.25) is 25.0 Å². The number of imide groups is 1. The first kappa shape index (κ1) is 12.1. The van der Waals surface area contributed by atoms with E-state index in [1.807, 2.05) is 0 Å². The lowest BCUT2D eigenvalue weighted by molar-refractivity contribution is -0.402. The molecule has 1 aromatic heterocycles. The van der Waals surface area contributed by atoms with Crippen molar-refractivity contribution in [2.24, 2.45) is 0 Å². The first-order valence-corrected chi connectivity index (χ1v) is 5.53. The van der Waals surface area contributed by atoms with E-state index in [1.54, 1.807) is 0 Å². The van der Waals surface area contributed by atoms with Crippen LogP contribution in [-0.4, -0.2) is 16.1 Å². The zero-order valence-corrected chi connectivity index (χ0v) is 9.60. The van der Waals surface area contributed by atoms with Crippen molar-refractivity contribution in [3.63, 3.8) is 0 Å². The van der Waals surface area contributed by atoms with Gasteiger partial charge in [-0.25, -0.2) is 0 Å². The fourth-order valence-electron chi connectivity index (χ4n) is 1.20. The zero-order chi connectivity index (χ0) is 13.1. The molecule has 1 aliphatic rings. The summed E-state index contributed by atoms with van der Waals surface area (Å²) in [4.78, 5) is 32.0. The molecule has 92 valence electrons. The molecule has 1 aliphatic heterocycles. The number of carbonyl (C=O) groups excluding carboxylic acids is 2. The number of carbonyl (C=O) groups is 2. The highest BCUT2D eigenvalue weighted by Gasteiger charge is 2.24. The highest BCUT2D eigenvalue weighted by atomic mass is 32.2. The number of nitro groups is 1. The van der Waals surface area contributed by atoms with Gasteiger partial charge in [0.1, 0.15) is 10.7 Å². The molecule has 0 atom stereocenters. The first-order valence-electron chi connectivity index (χ1n) is 4.72. The van der Waals surface area contributed by atoms with Crippen molar-refractivity contribution in [1.29, 1.82) is 0 Å². The van der Waals surface area contributed by atoms with Crippen molar-refractivity contribution < 1.29 is 18.9 Å². The summed E-state index contributed by atoms with van der Waals surface area (Å²) in [5.41, 5.74) is 0. The minimum absolute atomic E-state index is 0.261. The topological polar surface area (TPSA) is 102 Å². The molecule has 18 heavy (non-hydrogen) atoms. The maximum Gasteiger partial charge on any atom is 0.433 e. The Kier molecular flexibility index (Phi) is 3.28. The summed E-state index contributed by atoms with van der Waals surface area (Å²) in [6, 6.07) is 2.66. The van der Waals surface area contributed by atoms with Crippen LogP contribution >= 0.6 is 11.8 Å². The summed E-state index contributed by atoms with van der Waals surface area (Å²) in [6.07, 6.45) is 4.36. The third-order valence-electron chi connectivity index (χ3n) is 1.94. The number of furan rings is 1. The van der Waals surface area contributed by atoms with E-state index in [9.17, 15) is 19.7 Å². The minimum atomic E-state index is -0.644. The molecule has 7 nitrogen and oxygen atoms in total. The fourth-order valence-corrected chi connectivity index (χ4v) is 1.83. The van der Waals surface area contributed by atoms with E-state index in [1.165, 1.54) is 30.4 Å². The molecule has 8 heteroatoms. The molecule has 0 aliphatic carbocycles. The second kappa shape index (κ2) is 4.88. The van der Waals surface area contributed by atoms with Gasteiger partial charge < -0.3 is 4.42 Å².